The second-order valence-corrected chi connectivity index (χ2v) is 6.51. The van der Waals surface area contributed by atoms with Crippen LogP contribution in [0.15, 0.2) is 0 Å². The molecule has 14 heavy (non-hydrogen) atoms. The zero-order valence-electron chi connectivity index (χ0n) is 8.04. The zero-order valence-corrected chi connectivity index (χ0v) is 8.86. The molecule has 0 aromatic rings. The Labute approximate surface area is 82.6 Å². The van der Waals surface area contributed by atoms with Crippen molar-refractivity contribution >= 4 is 9.84 Å². The van der Waals surface area contributed by atoms with Gasteiger partial charge in [0.05, 0.1) is 17.0 Å². The summed E-state index contributed by atoms with van der Waals surface area (Å²) in [4.78, 5) is 0. The SMILES string of the molecule is CC(N)(CC1CCS(=O)(=O)C1)C(F)F. The lowest BCUT2D eigenvalue weighted by molar-refractivity contribution is 0.0510. The molecule has 1 aliphatic rings. The van der Waals surface area contributed by atoms with Crippen molar-refractivity contribution in [1.82, 2.24) is 0 Å². The highest BCUT2D eigenvalue weighted by molar-refractivity contribution is 7.91. The van der Waals surface area contributed by atoms with E-state index in [2.05, 4.69) is 0 Å². The first-order valence-electron chi connectivity index (χ1n) is 4.50. The van der Waals surface area contributed by atoms with Gasteiger partial charge in [0.2, 0.25) is 0 Å². The molecule has 0 spiro atoms. The molecule has 0 aromatic heterocycles. The molecule has 84 valence electrons. The molecule has 0 radical (unpaired) electrons. The van der Waals surface area contributed by atoms with E-state index >= 15 is 0 Å². The number of hydrogen-bond acceptors (Lipinski definition) is 3. The Hall–Kier alpha value is -0.230. The Morgan fingerprint density at radius 2 is 2.14 bits per heavy atom. The van der Waals surface area contributed by atoms with Crippen molar-refractivity contribution < 1.29 is 17.2 Å². The Kier molecular flexibility index (Phi) is 3.16. The van der Waals surface area contributed by atoms with Crippen LogP contribution in [0.25, 0.3) is 0 Å². The molecule has 2 atom stereocenters. The normalized spacial score (nSPS) is 30.5. The number of sulfone groups is 1. The summed E-state index contributed by atoms with van der Waals surface area (Å²) in [5.41, 5.74) is 3.82. The van der Waals surface area contributed by atoms with Crippen molar-refractivity contribution in [2.24, 2.45) is 11.7 Å². The molecule has 2 N–H and O–H groups in total. The monoisotopic (exact) mass is 227 g/mol. The van der Waals surface area contributed by atoms with Crippen LogP contribution in [0, 0.1) is 5.92 Å². The van der Waals surface area contributed by atoms with Gasteiger partial charge in [-0.25, -0.2) is 17.2 Å². The third-order valence-electron chi connectivity index (χ3n) is 2.55. The molecule has 6 heteroatoms. The van der Waals surface area contributed by atoms with Gasteiger partial charge in [-0.3, -0.25) is 0 Å². The molecule has 0 aliphatic carbocycles. The van der Waals surface area contributed by atoms with Crippen LogP contribution < -0.4 is 5.73 Å². The van der Waals surface area contributed by atoms with E-state index < -0.39 is 21.8 Å². The van der Waals surface area contributed by atoms with Crippen LogP contribution in [-0.4, -0.2) is 31.9 Å². The van der Waals surface area contributed by atoms with Crippen LogP contribution in [0.5, 0.6) is 0 Å². The van der Waals surface area contributed by atoms with Gasteiger partial charge in [0.25, 0.3) is 6.43 Å². The van der Waals surface area contributed by atoms with Crippen LogP contribution in [0.3, 0.4) is 0 Å². The highest BCUT2D eigenvalue weighted by atomic mass is 32.2. The van der Waals surface area contributed by atoms with Gasteiger partial charge in [0.15, 0.2) is 9.84 Å². The van der Waals surface area contributed by atoms with Gasteiger partial charge in [-0.2, -0.15) is 0 Å². The van der Waals surface area contributed by atoms with E-state index in [0.29, 0.717) is 6.42 Å². The quantitative estimate of drug-likeness (QED) is 0.775. The molecule has 1 fully saturated rings. The smallest absolute Gasteiger partial charge is 0.256 e. The van der Waals surface area contributed by atoms with E-state index in [1.807, 2.05) is 0 Å². The maximum atomic E-state index is 12.4. The second-order valence-electron chi connectivity index (χ2n) is 4.28. The van der Waals surface area contributed by atoms with E-state index in [1.54, 1.807) is 0 Å². The minimum absolute atomic E-state index is 0.00646. The molecule has 1 heterocycles. The lowest BCUT2D eigenvalue weighted by Crippen LogP contribution is -2.45. The molecule has 1 saturated heterocycles. The Bertz CT molecular complexity index is 300. The third kappa shape index (κ3) is 2.88. The summed E-state index contributed by atoms with van der Waals surface area (Å²) in [6.45, 7) is 1.27. The molecular formula is C8H15F2NO2S. The van der Waals surface area contributed by atoms with Gasteiger partial charge < -0.3 is 5.73 Å². The lowest BCUT2D eigenvalue weighted by atomic mass is 9.90. The van der Waals surface area contributed by atoms with Crippen LogP contribution in [0.2, 0.25) is 0 Å². The summed E-state index contributed by atoms with van der Waals surface area (Å²) in [6.07, 6.45) is -2.07. The molecule has 1 rings (SSSR count). The number of hydrogen-bond donors (Lipinski definition) is 1. The zero-order chi connectivity index (χ0) is 11.0. The van der Waals surface area contributed by atoms with E-state index in [9.17, 15) is 17.2 Å². The van der Waals surface area contributed by atoms with Gasteiger partial charge in [-0.1, -0.05) is 0 Å². The van der Waals surface area contributed by atoms with Crippen molar-refractivity contribution in [3.8, 4) is 0 Å². The number of nitrogens with two attached hydrogens (primary N) is 1. The fraction of sp³-hybridized carbons (Fsp3) is 1.00. The van der Waals surface area contributed by atoms with Gasteiger partial charge in [0.1, 0.15) is 0 Å². The second kappa shape index (κ2) is 3.73. The first kappa shape index (κ1) is 11.8. The van der Waals surface area contributed by atoms with Gasteiger partial charge in [0, 0.05) is 0 Å². The number of alkyl halides is 2. The summed E-state index contributed by atoms with van der Waals surface area (Å²) in [5, 5.41) is 0. The van der Waals surface area contributed by atoms with Gasteiger partial charge in [-0.15, -0.1) is 0 Å². The van der Waals surface area contributed by atoms with E-state index in [4.69, 9.17) is 5.73 Å². The summed E-state index contributed by atoms with van der Waals surface area (Å²) >= 11 is 0. The van der Waals surface area contributed by atoms with Gasteiger partial charge >= 0.3 is 0 Å². The predicted molar refractivity (Wildman–Crippen MR) is 50.0 cm³/mol. The molecule has 0 amide bonds. The molecule has 2 unspecified atom stereocenters. The summed E-state index contributed by atoms with van der Waals surface area (Å²) in [5.74, 6) is -0.0901. The maximum Gasteiger partial charge on any atom is 0.256 e. The Morgan fingerprint density at radius 1 is 1.57 bits per heavy atom. The van der Waals surface area contributed by atoms with Gasteiger partial charge in [-0.05, 0) is 25.7 Å². The minimum atomic E-state index is -2.99. The van der Waals surface area contributed by atoms with Crippen molar-refractivity contribution in [3.63, 3.8) is 0 Å². The molecule has 3 nitrogen and oxygen atoms in total. The largest absolute Gasteiger partial charge is 0.321 e. The van der Waals surface area contributed by atoms with Crippen LogP contribution in [0.4, 0.5) is 8.78 Å². The van der Waals surface area contributed by atoms with E-state index in [1.165, 1.54) is 6.92 Å². The molecule has 0 bridgehead atoms. The van der Waals surface area contributed by atoms with Crippen molar-refractivity contribution in [3.05, 3.63) is 0 Å². The first-order chi connectivity index (χ1) is 6.23. The summed E-state index contributed by atoms with van der Waals surface area (Å²) < 4.78 is 46.9. The number of rotatable bonds is 3. The standard InChI is InChI=1S/C8H15F2NO2S/c1-8(11,7(9)10)4-6-2-3-14(12,13)5-6/h6-7H,2-5,11H2,1H3. The minimum Gasteiger partial charge on any atom is -0.321 e. The average molecular weight is 227 g/mol. The van der Waals surface area contributed by atoms with E-state index in [0.717, 1.165) is 0 Å². The van der Waals surface area contributed by atoms with Crippen LogP contribution in [-0.2, 0) is 9.84 Å². The van der Waals surface area contributed by atoms with Crippen LogP contribution in [0.1, 0.15) is 19.8 Å². The fourth-order valence-corrected chi connectivity index (χ4v) is 3.61. The van der Waals surface area contributed by atoms with Crippen LogP contribution >= 0.6 is 0 Å². The molecule has 0 aromatic carbocycles. The average Bonchev–Trinajstić information content (AvgIpc) is 2.28. The molecule has 0 saturated carbocycles. The topological polar surface area (TPSA) is 60.2 Å². The Morgan fingerprint density at radius 3 is 2.50 bits per heavy atom. The predicted octanol–water partition coefficient (Wildman–Crippen LogP) is 0.794. The summed E-state index contributed by atoms with van der Waals surface area (Å²) in [6, 6.07) is 0. The highest BCUT2D eigenvalue weighted by Gasteiger charge is 2.37. The third-order valence-corrected chi connectivity index (χ3v) is 4.39. The van der Waals surface area contributed by atoms with Crippen molar-refractivity contribution in [2.75, 3.05) is 11.5 Å². The van der Waals surface area contributed by atoms with Crippen molar-refractivity contribution in [2.45, 2.75) is 31.7 Å². The first-order valence-corrected chi connectivity index (χ1v) is 6.32. The van der Waals surface area contributed by atoms with Crippen molar-refractivity contribution in [1.29, 1.82) is 0 Å². The molecular weight excluding hydrogens is 212 g/mol. The summed E-state index contributed by atoms with van der Waals surface area (Å²) in [7, 11) is -2.99. The molecule has 1 aliphatic heterocycles. The highest BCUT2D eigenvalue weighted by Crippen LogP contribution is 2.28. The maximum absolute atomic E-state index is 12.4. The fourth-order valence-electron chi connectivity index (χ4n) is 1.74. The Balaban J connectivity index is 2.55. The number of halogens is 2. The lowest BCUT2D eigenvalue weighted by Gasteiger charge is -2.26. The van der Waals surface area contributed by atoms with E-state index in [-0.39, 0.29) is 23.8 Å².